The van der Waals surface area contributed by atoms with Crippen molar-refractivity contribution in [2.75, 3.05) is 7.11 Å². The third-order valence-corrected chi connectivity index (χ3v) is 7.18. The summed E-state index contributed by atoms with van der Waals surface area (Å²) in [6.07, 6.45) is 8.39. The van der Waals surface area contributed by atoms with E-state index in [1.165, 1.54) is 49.7 Å². The fourth-order valence-corrected chi connectivity index (χ4v) is 5.96. The fraction of sp³-hybridized carbons (Fsp3) is 0.750. The zero-order valence-electron chi connectivity index (χ0n) is 17.7. The molecule has 2 fully saturated rings. The average Bonchev–Trinajstić information content (AvgIpc) is 2.59. The van der Waals surface area contributed by atoms with Gasteiger partial charge in [0.25, 0.3) is 0 Å². The minimum atomic E-state index is 0.534. The van der Waals surface area contributed by atoms with E-state index < -0.39 is 0 Å². The highest BCUT2D eigenvalue weighted by Crippen LogP contribution is 2.57. The molecule has 0 amide bonds. The van der Waals surface area contributed by atoms with Gasteiger partial charge < -0.3 is 4.74 Å². The molecule has 1 aromatic rings. The van der Waals surface area contributed by atoms with Gasteiger partial charge in [0.2, 0.25) is 0 Å². The summed E-state index contributed by atoms with van der Waals surface area (Å²) in [5.41, 5.74) is 3.33. The van der Waals surface area contributed by atoms with E-state index in [0.29, 0.717) is 5.41 Å². The van der Waals surface area contributed by atoms with Gasteiger partial charge in [0.15, 0.2) is 0 Å². The summed E-state index contributed by atoms with van der Waals surface area (Å²) in [6.45, 7) is 13.8. The molecule has 2 saturated carbocycles. The molecule has 1 nitrogen and oxygen atoms in total. The summed E-state index contributed by atoms with van der Waals surface area (Å²) in [7, 11) is 1.78. The molecule has 3 rings (SSSR count). The first-order valence-corrected chi connectivity index (χ1v) is 10.6. The number of hydrogen-bond donors (Lipinski definition) is 0. The van der Waals surface area contributed by atoms with Crippen LogP contribution in [0, 0.1) is 36.0 Å². The number of ether oxygens (including phenoxy) is 1. The molecule has 0 saturated heterocycles. The summed E-state index contributed by atoms with van der Waals surface area (Å²) >= 11 is 0. The van der Waals surface area contributed by atoms with Gasteiger partial charge in [-0.1, -0.05) is 59.9 Å². The van der Waals surface area contributed by atoms with E-state index in [2.05, 4.69) is 45.9 Å². The highest BCUT2D eigenvalue weighted by atomic mass is 16.5. The molecule has 5 atom stereocenters. The van der Waals surface area contributed by atoms with Crippen molar-refractivity contribution in [3.05, 3.63) is 29.3 Å². The van der Waals surface area contributed by atoms with Gasteiger partial charge in [0, 0.05) is 0 Å². The van der Waals surface area contributed by atoms with Gasteiger partial charge in [-0.2, -0.15) is 0 Å². The largest absolute Gasteiger partial charge is 0.497 e. The molecular weight excluding hydrogens is 304 g/mol. The van der Waals surface area contributed by atoms with Crippen LogP contribution in [0.15, 0.2) is 18.2 Å². The molecule has 2 aliphatic carbocycles. The van der Waals surface area contributed by atoms with Crippen LogP contribution in [0.25, 0.3) is 0 Å². The molecule has 0 N–H and O–H groups in total. The lowest BCUT2D eigenvalue weighted by molar-refractivity contribution is -0.0560. The van der Waals surface area contributed by atoms with Crippen LogP contribution in [0.4, 0.5) is 0 Å². The summed E-state index contributed by atoms with van der Waals surface area (Å²) in [5, 5.41) is 0. The van der Waals surface area contributed by atoms with Crippen molar-refractivity contribution in [1.82, 2.24) is 0 Å². The molecule has 0 aromatic heterocycles. The number of aryl methyl sites for hydroxylation is 1. The van der Waals surface area contributed by atoms with Crippen LogP contribution in [-0.4, -0.2) is 7.11 Å². The Kier molecular flexibility index (Phi) is 7.00. The van der Waals surface area contributed by atoms with Crippen molar-refractivity contribution >= 4 is 0 Å². The van der Waals surface area contributed by atoms with Crippen molar-refractivity contribution in [3.8, 4) is 5.75 Å². The van der Waals surface area contributed by atoms with Crippen LogP contribution in [0.2, 0.25) is 0 Å². The minimum Gasteiger partial charge on any atom is -0.497 e. The van der Waals surface area contributed by atoms with E-state index in [9.17, 15) is 0 Å². The molecule has 142 valence electrons. The number of rotatable bonds is 3. The van der Waals surface area contributed by atoms with Gasteiger partial charge in [-0.15, -0.1) is 0 Å². The maximum Gasteiger partial charge on any atom is 0.119 e. The monoisotopic (exact) mass is 344 g/mol. The minimum absolute atomic E-state index is 0.534. The van der Waals surface area contributed by atoms with Crippen LogP contribution in [-0.2, 0) is 6.42 Å². The smallest absolute Gasteiger partial charge is 0.119 e. The maximum absolute atomic E-state index is 5.50. The van der Waals surface area contributed by atoms with E-state index in [0.717, 1.165) is 29.4 Å². The van der Waals surface area contributed by atoms with Gasteiger partial charge in [-0.3, -0.25) is 0 Å². The van der Waals surface area contributed by atoms with E-state index in [1.54, 1.807) is 7.11 Å². The quantitative estimate of drug-likeness (QED) is 0.570. The van der Waals surface area contributed by atoms with Gasteiger partial charge in [-0.25, -0.2) is 0 Å². The van der Waals surface area contributed by atoms with E-state index >= 15 is 0 Å². The third-order valence-electron chi connectivity index (χ3n) is 7.18. The first kappa shape index (κ1) is 20.3. The van der Waals surface area contributed by atoms with Gasteiger partial charge in [-0.05, 0) is 78.5 Å². The predicted molar refractivity (Wildman–Crippen MR) is 109 cm³/mol. The molecule has 0 heterocycles. The van der Waals surface area contributed by atoms with Crippen LogP contribution >= 0.6 is 0 Å². The first-order valence-electron chi connectivity index (χ1n) is 10.6. The standard InChI is InChI=1S/C22H34O.C2H6/c1-15-11-18(13-19(12-15)23-5)14-21-17(3)8-9-20-16(2)7-6-10-22(20,21)4;1-2/h11-13,16-17,20-21H,6-10,14H2,1-5H3;1-2H3. The van der Waals surface area contributed by atoms with E-state index in [1.807, 2.05) is 13.8 Å². The Bertz CT molecular complexity index is 549. The third kappa shape index (κ3) is 4.23. The van der Waals surface area contributed by atoms with Crippen LogP contribution in [0.5, 0.6) is 5.75 Å². The van der Waals surface area contributed by atoms with Crippen LogP contribution in [0.1, 0.15) is 77.8 Å². The van der Waals surface area contributed by atoms with Gasteiger partial charge >= 0.3 is 0 Å². The Morgan fingerprint density at radius 1 is 1.04 bits per heavy atom. The zero-order chi connectivity index (χ0) is 18.6. The number of benzene rings is 1. The molecule has 1 heteroatoms. The Labute approximate surface area is 156 Å². The lowest BCUT2D eigenvalue weighted by Gasteiger charge is -2.55. The Morgan fingerprint density at radius 2 is 1.76 bits per heavy atom. The second-order valence-corrected chi connectivity index (χ2v) is 8.71. The van der Waals surface area contributed by atoms with E-state index in [4.69, 9.17) is 4.74 Å². The average molecular weight is 345 g/mol. The molecular formula is C24H40O. The summed E-state index contributed by atoms with van der Waals surface area (Å²) < 4.78 is 5.50. The predicted octanol–water partition coefficient (Wildman–Crippen LogP) is 7.06. The highest BCUT2D eigenvalue weighted by Gasteiger charge is 2.49. The lowest BCUT2D eigenvalue weighted by atomic mass is 9.49. The second-order valence-electron chi connectivity index (χ2n) is 8.71. The first-order chi connectivity index (χ1) is 11.9. The Hall–Kier alpha value is -0.980. The molecule has 2 aliphatic rings. The maximum atomic E-state index is 5.50. The number of fused-ring (bicyclic) bond motifs is 1. The van der Waals surface area contributed by atoms with Crippen LogP contribution in [0.3, 0.4) is 0 Å². The van der Waals surface area contributed by atoms with Crippen molar-refractivity contribution in [1.29, 1.82) is 0 Å². The van der Waals surface area contributed by atoms with Gasteiger partial charge in [0.05, 0.1) is 7.11 Å². The number of hydrogen-bond acceptors (Lipinski definition) is 1. The fourth-order valence-electron chi connectivity index (χ4n) is 5.96. The summed E-state index contributed by atoms with van der Waals surface area (Å²) in [6, 6.07) is 6.77. The molecule has 0 radical (unpaired) electrons. The molecule has 0 spiro atoms. The zero-order valence-corrected chi connectivity index (χ0v) is 17.7. The second kappa shape index (κ2) is 8.60. The molecule has 25 heavy (non-hydrogen) atoms. The molecule has 1 aromatic carbocycles. The topological polar surface area (TPSA) is 9.23 Å². The highest BCUT2D eigenvalue weighted by molar-refractivity contribution is 5.34. The van der Waals surface area contributed by atoms with Crippen molar-refractivity contribution < 1.29 is 4.74 Å². The van der Waals surface area contributed by atoms with E-state index in [-0.39, 0.29) is 0 Å². The lowest BCUT2D eigenvalue weighted by Crippen LogP contribution is -2.48. The SMILES string of the molecule is CC.COc1cc(C)cc(CC2C(C)CCC3C(C)CCCC32C)c1. The van der Waals surface area contributed by atoms with Crippen molar-refractivity contribution in [2.24, 2.45) is 29.1 Å². The molecule has 0 aliphatic heterocycles. The normalized spacial score (nSPS) is 34.5. The molecule has 0 bridgehead atoms. The van der Waals surface area contributed by atoms with Gasteiger partial charge in [0.1, 0.15) is 5.75 Å². The molecule has 5 unspecified atom stereocenters. The Morgan fingerprint density at radius 3 is 2.44 bits per heavy atom. The Balaban J connectivity index is 0.00000109. The number of methoxy groups -OCH3 is 1. The summed E-state index contributed by atoms with van der Waals surface area (Å²) in [5.74, 6) is 4.52. The van der Waals surface area contributed by atoms with Crippen molar-refractivity contribution in [2.45, 2.75) is 80.1 Å². The summed E-state index contributed by atoms with van der Waals surface area (Å²) in [4.78, 5) is 0. The van der Waals surface area contributed by atoms with Crippen LogP contribution < -0.4 is 4.74 Å². The van der Waals surface area contributed by atoms with Crippen molar-refractivity contribution in [3.63, 3.8) is 0 Å².